The number of nitro groups is 1. The third kappa shape index (κ3) is 1.42. The number of nitro benzene ring substituents is 1. The number of nitrogens with zero attached hydrogens (tertiary/aromatic N) is 1. The van der Waals surface area contributed by atoms with Crippen molar-refractivity contribution in [3.8, 4) is 5.06 Å². The average Bonchev–Trinajstić information content (AvgIpc) is 2.58. The van der Waals surface area contributed by atoms with Gasteiger partial charge in [0.25, 0.3) is 5.69 Å². The minimum absolute atomic E-state index is 0.113. The Morgan fingerprint density at radius 3 is 2.86 bits per heavy atom. The van der Waals surface area contributed by atoms with Crippen LogP contribution >= 0.6 is 11.3 Å². The topological polar surface area (TPSA) is 52.4 Å². The van der Waals surface area contributed by atoms with E-state index in [9.17, 15) is 10.1 Å². The van der Waals surface area contributed by atoms with Crippen LogP contribution in [0.1, 0.15) is 0 Å². The van der Waals surface area contributed by atoms with E-state index in [1.54, 1.807) is 19.2 Å². The number of ether oxygens (including phenoxy) is 1. The van der Waals surface area contributed by atoms with Crippen LogP contribution in [0.5, 0.6) is 5.06 Å². The third-order valence-electron chi connectivity index (χ3n) is 1.89. The molecule has 5 heteroatoms. The maximum absolute atomic E-state index is 10.5. The zero-order chi connectivity index (χ0) is 10.1. The first-order valence-corrected chi connectivity index (χ1v) is 4.74. The van der Waals surface area contributed by atoms with Crippen LogP contribution in [0, 0.1) is 10.1 Å². The lowest BCUT2D eigenvalue weighted by Crippen LogP contribution is -1.85. The SMILES string of the molecule is COc1cc2ccc([N+](=O)[O-])cc2s1. The summed E-state index contributed by atoms with van der Waals surface area (Å²) in [6.07, 6.45) is 0. The summed E-state index contributed by atoms with van der Waals surface area (Å²) in [7, 11) is 1.58. The van der Waals surface area contributed by atoms with Gasteiger partial charge in [0.15, 0.2) is 5.06 Å². The molecule has 14 heavy (non-hydrogen) atoms. The van der Waals surface area contributed by atoms with E-state index in [0.29, 0.717) is 0 Å². The number of rotatable bonds is 2. The van der Waals surface area contributed by atoms with Crippen molar-refractivity contribution in [3.05, 3.63) is 34.4 Å². The van der Waals surface area contributed by atoms with Crippen molar-refractivity contribution in [1.82, 2.24) is 0 Å². The van der Waals surface area contributed by atoms with E-state index in [-0.39, 0.29) is 5.69 Å². The predicted octanol–water partition coefficient (Wildman–Crippen LogP) is 2.82. The van der Waals surface area contributed by atoms with Gasteiger partial charge in [0, 0.05) is 16.8 Å². The monoisotopic (exact) mass is 209 g/mol. The summed E-state index contributed by atoms with van der Waals surface area (Å²) in [5, 5.41) is 12.2. The number of fused-ring (bicyclic) bond motifs is 1. The molecule has 1 aromatic heterocycles. The van der Waals surface area contributed by atoms with Crippen LogP contribution in [0.15, 0.2) is 24.3 Å². The first-order valence-electron chi connectivity index (χ1n) is 3.92. The van der Waals surface area contributed by atoms with Gasteiger partial charge in [-0.2, -0.15) is 0 Å². The van der Waals surface area contributed by atoms with E-state index >= 15 is 0 Å². The van der Waals surface area contributed by atoms with Crippen LogP contribution in [-0.4, -0.2) is 12.0 Å². The molecule has 0 saturated heterocycles. The van der Waals surface area contributed by atoms with E-state index in [0.717, 1.165) is 15.1 Å². The van der Waals surface area contributed by atoms with Gasteiger partial charge >= 0.3 is 0 Å². The summed E-state index contributed by atoms with van der Waals surface area (Å²) in [4.78, 5) is 10.1. The molecule has 0 atom stereocenters. The molecule has 0 amide bonds. The number of thiophene rings is 1. The summed E-state index contributed by atoms with van der Waals surface area (Å²) in [6.45, 7) is 0. The fourth-order valence-electron chi connectivity index (χ4n) is 1.21. The molecule has 72 valence electrons. The normalized spacial score (nSPS) is 10.4. The number of hydrogen-bond donors (Lipinski definition) is 0. The van der Waals surface area contributed by atoms with Crippen molar-refractivity contribution in [2.45, 2.75) is 0 Å². The first-order chi connectivity index (χ1) is 6.70. The van der Waals surface area contributed by atoms with Crippen molar-refractivity contribution < 1.29 is 9.66 Å². The summed E-state index contributed by atoms with van der Waals surface area (Å²) in [6, 6.07) is 6.65. The first kappa shape index (κ1) is 8.96. The lowest BCUT2D eigenvalue weighted by atomic mass is 10.2. The van der Waals surface area contributed by atoms with Crippen LogP contribution in [0.2, 0.25) is 0 Å². The summed E-state index contributed by atoms with van der Waals surface area (Å²) < 4.78 is 5.92. The molecular weight excluding hydrogens is 202 g/mol. The van der Waals surface area contributed by atoms with Gasteiger partial charge in [0.2, 0.25) is 0 Å². The van der Waals surface area contributed by atoms with Gasteiger partial charge in [-0.15, -0.1) is 0 Å². The van der Waals surface area contributed by atoms with Crippen LogP contribution in [0.25, 0.3) is 10.1 Å². The summed E-state index contributed by atoms with van der Waals surface area (Å²) in [5.74, 6) is 0. The average molecular weight is 209 g/mol. The Labute approximate surface area is 83.9 Å². The smallest absolute Gasteiger partial charge is 0.270 e. The number of non-ortho nitro benzene ring substituents is 1. The highest BCUT2D eigenvalue weighted by atomic mass is 32.1. The molecule has 0 radical (unpaired) electrons. The van der Waals surface area contributed by atoms with Gasteiger partial charge in [0.05, 0.1) is 12.0 Å². The van der Waals surface area contributed by atoms with E-state index in [1.807, 2.05) is 6.07 Å². The van der Waals surface area contributed by atoms with Crippen molar-refractivity contribution >= 4 is 27.1 Å². The van der Waals surface area contributed by atoms with Gasteiger partial charge < -0.3 is 4.74 Å². The van der Waals surface area contributed by atoms with E-state index in [2.05, 4.69) is 0 Å². The van der Waals surface area contributed by atoms with Crippen molar-refractivity contribution in [1.29, 1.82) is 0 Å². The number of benzene rings is 1. The molecular formula is C9H7NO3S. The van der Waals surface area contributed by atoms with Crippen LogP contribution in [-0.2, 0) is 0 Å². The Morgan fingerprint density at radius 2 is 2.21 bits per heavy atom. The standard InChI is InChI=1S/C9H7NO3S/c1-13-9-4-6-2-3-7(10(11)12)5-8(6)14-9/h2-5H,1H3. The molecule has 0 aliphatic heterocycles. The Morgan fingerprint density at radius 1 is 1.43 bits per heavy atom. The molecule has 2 rings (SSSR count). The second-order valence-electron chi connectivity index (χ2n) is 2.75. The fraction of sp³-hybridized carbons (Fsp3) is 0.111. The Bertz CT molecular complexity index is 492. The predicted molar refractivity (Wildman–Crippen MR) is 55.0 cm³/mol. The molecule has 1 aromatic carbocycles. The molecule has 0 spiro atoms. The zero-order valence-corrected chi connectivity index (χ0v) is 8.21. The number of hydrogen-bond acceptors (Lipinski definition) is 4. The van der Waals surface area contributed by atoms with Gasteiger partial charge in [-0.05, 0) is 17.5 Å². The Balaban J connectivity index is 2.59. The molecule has 4 nitrogen and oxygen atoms in total. The summed E-state index contributed by atoms with van der Waals surface area (Å²) in [5.41, 5.74) is 0.113. The maximum Gasteiger partial charge on any atom is 0.270 e. The quantitative estimate of drug-likeness (QED) is 0.564. The minimum atomic E-state index is -0.397. The minimum Gasteiger partial charge on any atom is -0.487 e. The molecule has 2 aromatic rings. The van der Waals surface area contributed by atoms with Gasteiger partial charge in [-0.1, -0.05) is 11.3 Å². The zero-order valence-electron chi connectivity index (χ0n) is 7.39. The molecule has 0 N–H and O–H groups in total. The van der Waals surface area contributed by atoms with Crippen molar-refractivity contribution in [3.63, 3.8) is 0 Å². The lowest BCUT2D eigenvalue weighted by molar-refractivity contribution is -0.384. The lowest BCUT2D eigenvalue weighted by Gasteiger charge is -1.89. The second-order valence-corrected chi connectivity index (χ2v) is 3.80. The molecule has 0 bridgehead atoms. The molecule has 0 aliphatic rings. The largest absolute Gasteiger partial charge is 0.487 e. The number of methoxy groups -OCH3 is 1. The fourth-order valence-corrected chi connectivity index (χ4v) is 2.12. The Kier molecular flexibility index (Phi) is 2.09. The van der Waals surface area contributed by atoms with E-state index in [4.69, 9.17) is 4.74 Å². The van der Waals surface area contributed by atoms with Crippen LogP contribution in [0.3, 0.4) is 0 Å². The molecule has 0 aliphatic carbocycles. The van der Waals surface area contributed by atoms with E-state index in [1.165, 1.54) is 17.4 Å². The van der Waals surface area contributed by atoms with Crippen molar-refractivity contribution in [2.75, 3.05) is 7.11 Å². The molecule has 1 heterocycles. The van der Waals surface area contributed by atoms with Crippen molar-refractivity contribution in [2.24, 2.45) is 0 Å². The van der Waals surface area contributed by atoms with Gasteiger partial charge in [0.1, 0.15) is 0 Å². The van der Waals surface area contributed by atoms with Gasteiger partial charge in [-0.25, -0.2) is 0 Å². The van der Waals surface area contributed by atoms with Crippen LogP contribution < -0.4 is 4.74 Å². The second kappa shape index (κ2) is 3.26. The third-order valence-corrected chi connectivity index (χ3v) is 2.95. The Hall–Kier alpha value is -1.62. The van der Waals surface area contributed by atoms with Gasteiger partial charge in [-0.3, -0.25) is 10.1 Å². The molecule has 0 unspecified atom stereocenters. The highest BCUT2D eigenvalue weighted by Crippen LogP contribution is 2.33. The highest BCUT2D eigenvalue weighted by Gasteiger charge is 2.08. The summed E-state index contributed by atoms with van der Waals surface area (Å²) >= 11 is 1.40. The maximum atomic E-state index is 10.5. The highest BCUT2D eigenvalue weighted by molar-refractivity contribution is 7.20. The van der Waals surface area contributed by atoms with E-state index < -0.39 is 4.92 Å². The molecule has 0 saturated carbocycles. The molecule has 0 fully saturated rings. The van der Waals surface area contributed by atoms with Crippen LogP contribution in [0.4, 0.5) is 5.69 Å².